The molecule has 7 nitrogen and oxygen atoms in total. The minimum Gasteiger partial charge on any atom is -0.423 e. The van der Waals surface area contributed by atoms with Crippen LogP contribution in [0.3, 0.4) is 0 Å². The second-order valence-corrected chi connectivity index (χ2v) is 9.46. The molecule has 1 saturated carbocycles. The van der Waals surface area contributed by atoms with E-state index < -0.39 is 12.0 Å². The zero-order valence-electron chi connectivity index (χ0n) is 18.4. The SMILES string of the molecule is CC1=NC(Nc2nc3ccccc3o2)=NC(c2ccccc2Br)C1C(=O)NC1CCCCC1. The van der Waals surface area contributed by atoms with Crippen molar-refractivity contribution in [2.75, 3.05) is 5.32 Å². The van der Waals surface area contributed by atoms with Crippen LogP contribution in [0.15, 0.2) is 67.4 Å². The Balaban J connectivity index is 1.45. The highest BCUT2D eigenvalue weighted by molar-refractivity contribution is 9.10. The molecule has 0 saturated heterocycles. The number of para-hydroxylation sites is 2. The van der Waals surface area contributed by atoms with E-state index in [1.54, 1.807) is 0 Å². The predicted molar refractivity (Wildman–Crippen MR) is 134 cm³/mol. The van der Waals surface area contributed by atoms with Gasteiger partial charge < -0.3 is 9.73 Å². The van der Waals surface area contributed by atoms with Gasteiger partial charge in [-0.1, -0.05) is 65.5 Å². The number of fused-ring (bicyclic) bond motifs is 1. The first kappa shape index (κ1) is 21.8. The van der Waals surface area contributed by atoms with Crippen LogP contribution < -0.4 is 10.6 Å². The molecule has 2 atom stereocenters. The number of rotatable bonds is 4. The number of benzene rings is 2. The first-order chi connectivity index (χ1) is 16.1. The number of halogens is 1. The van der Waals surface area contributed by atoms with E-state index in [1.165, 1.54) is 6.42 Å². The van der Waals surface area contributed by atoms with Gasteiger partial charge in [0.25, 0.3) is 0 Å². The summed E-state index contributed by atoms with van der Waals surface area (Å²) in [5.74, 6) is -0.130. The summed E-state index contributed by atoms with van der Waals surface area (Å²) in [6.07, 6.45) is 5.62. The number of carbonyl (C=O) groups excluding carboxylic acids is 1. The molecule has 0 radical (unpaired) electrons. The number of hydrogen-bond donors (Lipinski definition) is 2. The van der Waals surface area contributed by atoms with Gasteiger partial charge in [0.15, 0.2) is 5.58 Å². The highest BCUT2D eigenvalue weighted by Crippen LogP contribution is 2.36. The molecule has 5 rings (SSSR count). The van der Waals surface area contributed by atoms with Crippen LogP contribution in [0.5, 0.6) is 0 Å². The molecule has 1 amide bonds. The third-order valence-electron chi connectivity index (χ3n) is 6.28. The summed E-state index contributed by atoms with van der Waals surface area (Å²) in [5.41, 5.74) is 3.08. The molecule has 2 N–H and O–H groups in total. The van der Waals surface area contributed by atoms with Gasteiger partial charge in [-0.15, -0.1) is 0 Å². The molecule has 2 heterocycles. The molecule has 1 aliphatic carbocycles. The second kappa shape index (κ2) is 9.47. The summed E-state index contributed by atoms with van der Waals surface area (Å²) >= 11 is 3.64. The molecular weight excluding hydrogens is 482 g/mol. The third-order valence-corrected chi connectivity index (χ3v) is 7.00. The van der Waals surface area contributed by atoms with Crippen LogP contribution in [0, 0.1) is 5.92 Å². The van der Waals surface area contributed by atoms with Crippen molar-refractivity contribution in [1.29, 1.82) is 0 Å². The van der Waals surface area contributed by atoms with Gasteiger partial charge in [-0.2, -0.15) is 4.98 Å². The highest BCUT2D eigenvalue weighted by Gasteiger charge is 2.37. The van der Waals surface area contributed by atoms with Crippen LogP contribution in [-0.4, -0.2) is 28.6 Å². The number of anilines is 1. The molecule has 1 fully saturated rings. The van der Waals surface area contributed by atoms with E-state index in [9.17, 15) is 4.79 Å². The van der Waals surface area contributed by atoms with E-state index in [1.807, 2.05) is 55.5 Å². The number of hydrogen-bond acceptors (Lipinski definition) is 6. The quantitative estimate of drug-likeness (QED) is 0.477. The van der Waals surface area contributed by atoms with Gasteiger partial charge in [0.05, 0.1) is 6.04 Å². The van der Waals surface area contributed by atoms with E-state index in [2.05, 4.69) is 36.5 Å². The fraction of sp³-hybridized carbons (Fsp3) is 0.360. The largest absolute Gasteiger partial charge is 0.423 e. The zero-order chi connectivity index (χ0) is 22.8. The molecule has 2 aromatic carbocycles. The van der Waals surface area contributed by atoms with Crippen LogP contribution in [0.4, 0.5) is 6.01 Å². The number of carbonyl (C=O) groups is 1. The van der Waals surface area contributed by atoms with Crippen LogP contribution in [0.25, 0.3) is 11.1 Å². The van der Waals surface area contributed by atoms with Crippen LogP contribution >= 0.6 is 15.9 Å². The van der Waals surface area contributed by atoms with Crippen molar-refractivity contribution < 1.29 is 9.21 Å². The van der Waals surface area contributed by atoms with Gasteiger partial charge in [0.2, 0.25) is 11.9 Å². The molecule has 2 unspecified atom stereocenters. The Morgan fingerprint density at radius 2 is 1.82 bits per heavy atom. The first-order valence-electron chi connectivity index (χ1n) is 11.4. The van der Waals surface area contributed by atoms with Crippen molar-refractivity contribution in [1.82, 2.24) is 10.3 Å². The average Bonchev–Trinajstić information content (AvgIpc) is 3.22. The topological polar surface area (TPSA) is 91.9 Å². The lowest BCUT2D eigenvalue weighted by Gasteiger charge is -2.31. The normalized spacial score (nSPS) is 21.4. The monoisotopic (exact) mass is 507 g/mol. The minimum atomic E-state index is -0.486. The van der Waals surface area contributed by atoms with Crippen molar-refractivity contribution >= 4 is 50.6 Å². The lowest BCUT2D eigenvalue weighted by Crippen LogP contribution is -2.45. The van der Waals surface area contributed by atoms with Gasteiger partial charge in [0.1, 0.15) is 11.4 Å². The number of aromatic nitrogens is 1. The fourth-order valence-corrected chi connectivity index (χ4v) is 5.14. The Bertz CT molecular complexity index is 1200. The minimum absolute atomic E-state index is 0.0198. The van der Waals surface area contributed by atoms with E-state index in [0.29, 0.717) is 23.3 Å². The van der Waals surface area contributed by atoms with E-state index >= 15 is 0 Å². The fourth-order valence-electron chi connectivity index (χ4n) is 4.62. The third kappa shape index (κ3) is 4.71. The highest BCUT2D eigenvalue weighted by atomic mass is 79.9. The van der Waals surface area contributed by atoms with Gasteiger partial charge in [-0.05, 0) is 43.5 Å². The lowest BCUT2D eigenvalue weighted by atomic mass is 9.87. The summed E-state index contributed by atoms with van der Waals surface area (Å²) in [6.45, 7) is 1.89. The average molecular weight is 508 g/mol. The lowest BCUT2D eigenvalue weighted by molar-refractivity contribution is -0.124. The van der Waals surface area contributed by atoms with Gasteiger partial charge in [0, 0.05) is 16.2 Å². The van der Waals surface area contributed by atoms with Crippen molar-refractivity contribution in [2.24, 2.45) is 15.9 Å². The molecule has 2 aliphatic rings. The molecule has 1 aliphatic heterocycles. The Labute approximate surface area is 200 Å². The standard InChI is InChI=1S/C25H26BrN5O2/c1-15-21(23(32)28-16-9-3-2-4-10-16)22(17-11-5-6-12-18(17)26)30-24(27-15)31-25-29-19-13-7-8-14-20(19)33-25/h5-8,11-14,16,21-22H,2-4,9-10H2,1H3,(H,28,32)(H,29,30,31). The van der Waals surface area contributed by atoms with E-state index in [4.69, 9.17) is 9.41 Å². The second-order valence-electron chi connectivity index (χ2n) is 8.61. The van der Waals surface area contributed by atoms with Gasteiger partial charge in [-0.25, -0.2) is 9.98 Å². The summed E-state index contributed by atoms with van der Waals surface area (Å²) < 4.78 is 6.69. The molecule has 170 valence electrons. The summed E-state index contributed by atoms with van der Waals surface area (Å²) in [6, 6.07) is 15.6. The van der Waals surface area contributed by atoms with E-state index in [0.717, 1.165) is 41.2 Å². The Morgan fingerprint density at radius 1 is 1.06 bits per heavy atom. The number of oxazole rings is 1. The zero-order valence-corrected chi connectivity index (χ0v) is 20.0. The summed E-state index contributed by atoms with van der Waals surface area (Å²) in [7, 11) is 0. The van der Waals surface area contributed by atoms with Crippen LogP contribution in [0.1, 0.15) is 50.6 Å². The molecule has 0 bridgehead atoms. The van der Waals surface area contributed by atoms with Crippen molar-refractivity contribution in [3.63, 3.8) is 0 Å². The number of nitrogens with one attached hydrogen (secondary N) is 2. The number of aliphatic imine (C=N–C) groups is 2. The maximum Gasteiger partial charge on any atom is 0.302 e. The molecule has 33 heavy (non-hydrogen) atoms. The number of guanidine groups is 1. The van der Waals surface area contributed by atoms with Crippen molar-refractivity contribution in [3.05, 3.63) is 58.6 Å². The van der Waals surface area contributed by atoms with Crippen LogP contribution in [0.2, 0.25) is 0 Å². The number of amides is 1. The van der Waals surface area contributed by atoms with Crippen molar-refractivity contribution in [3.8, 4) is 0 Å². The van der Waals surface area contributed by atoms with E-state index in [-0.39, 0.29) is 11.9 Å². The molecular formula is C25H26BrN5O2. The van der Waals surface area contributed by atoms with Crippen LogP contribution in [-0.2, 0) is 4.79 Å². The Kier molecular flexibility index (Phi) is 6.26. The van der Waals surface area contributed by atoms with Gasteiger partial charge >= 0.3 is 6.01 Å². The Morgan fingerprint density at radius 3 is 2.61 bits per heavy atom. The maximum absolute atomic E-state index is 13.4. The first-order valence-corrected chi connectivity index (χ1v) is 12.2. The summed E-state index contributed by atoms with van der Waals surface area (Å²) in [4.78, 5) is 27.4. The molecule has 0 spiro atoms. The number of nitrogens with zero attached hydrogens (tertiary/aromatic N) is 3. The Hall–Kier alpha value is -3.00. The smallest absolute Gasteiger partial charge is 0.302 e. The molecule has 1 aromatic heterocycles. The summed E-state index contributed by atoms with van der Waals surface area (Å²) in [5, 5.41) is 6.36. The van der Waals surface area contributed by atoms with Crippen molar-refractivity contribution in [2.45, 2.75) is 51.1 Å². The molecule has 3 aromatic rings. The van der Waals surface area contributed by atoms with Gasteiger partial charge in [-0.3, -0.25) is 10.1 Å². The maximum atomic E-state index is 13.4. The molecule has 8 heteroatoms. The predicted octanol–water partition coefficient (Wildman–Crippen LogP) is 5.64.